The van der Waals surface area contributed by atoms with Gasteiger partial charge in [-0.15, -0.1) is 0 Å². The molecule has 0 saturated heterocycles. The average molecular weight is 295 g/mol. The average Bonchev–Trinajstić information content (AvgIpc) is 2.54. The number of nitrogens with one attached hydrogen (secondary N) is 1. The predicted molar refractivity (Wildman–Crippen MR) is 86.3 cm³/mol. The molecule has 0 amide bonds. The Morgan fingerprint density at radius 1 is 1.05 bits per heavy atom. The summed E-state index contributed by atoms with van der Waals surface area (Å²) < 4.78 is 16.9. The lowest BCUT2D eigenvalue weighted by atomic mass is 9.83. The minimum Gasteiger partial charge on any atom is -0.493 e. The molecule has 1 aromatic rings. The first-order valence-corrected chi connectivity index (χ1v) is 7.65. The van der Waals surface area contributed by atoms with Gasteiger partial charge in [0.1, 0.15) is 0 Å². The van der Waals surface area contributed by atoms with Crippen LogP contribution >= 0.6 is 0 Å². The highest BCUT2D eigenvalue weighted by Gasteiger charge is 2.37. The third kappa shape index (κ3) is 3.69. The second-order valence-corrected chi connectivity index (χ2v) is 5.04. The zero-order valence-corrected chi connectivity index (χ0v) is 14.2. The Hall–Kier alpha value is -1.26. The largest absolute Gasteiger partial charge is 0.493 e. The SMILES string of the molecule is CCOC(CC)(CC)C(NC)c1ccc(OC)c(OC)c1. The number of benzene rings is 1. The molecule has 120 valence electrons. The Balaban J connectivity index is 3.24. The van der Waals surface area contributed by atoms with Crippen molar-refractivity contribution in [3.8, 4) is 11.5 Å². The van der Waals surface area contributed by atoms with Crippen LogP contribution in [0, 0.1) is 0 Å². The lowest BCUT2D eigenvalue weighted by Crippen LogP contribution is -2.44. The Morgan fingerprint density at radius 2 is 1.67 bits per heavy atom. The maximum Gasteiger partial charge on any atom is 0.161 e. The summed E-state index contributed by atoms with van der Waals surface area (Å²) >= 11 is 0. The van der Waals surface area contributed by atoms with Crippen molar-refractivity contribution < 1.29 is 14.2 Å². The third-order valence-corrected chi connectivity index (χ3v) is 4.18. The molecule has 1 rings (SSSR count). The molecule has 0 aliphatic heterocycles. The van der Waals surface area contributed by atoms with Gasteiger partial charge in [-0.25, -0.2) is 0 Å². The summed E-state index contributed by atoms with van der Waals surface area (Å²) in [4.78, 5) is 0. The van der Waals surface area contributed by atoms with Gasteiger partial charge in [0.2, 0.25) is 0 Å². The van der Waals surface area contributed by atoms with E-state index in [4.69, 9.17) is 14.2 Å². The van der Waals surface area contributed by atoms with Gasteiger partial charge >= 0.3 is 0 Å². The molecule has 1 N–H and O–H groups in total. The highest BCUT2D eigenvalue weighted by atomic mass is 16.5. The fourth-order valence-corrected chi connectivity index (χ4v) is 3.00. The van der Waals surface area contributed by atoms with Crippen LogP contribution in [-0.4, -0.2) is 33.5 Å². The van der Waals surface area contributed by atoms with Crippen molar-refractivity contribution >= 4 is 0 Å². The van der Waals surface area contributed by atoms with Crippen LogP contribution in [0.2, 0.25) is 0 Å². The number of hydrogen-bond donors (Lipinski definition) is 1. The summed E-state index contributed by atoms with van der Waals surface area (Å²) in [7, 11) is 5.28. The second-order valence-electron chi connectivity index (χ2n) is 5.04. The predicted octanol–water partition coefficient (Wildman–Crippen LogP) is 3.56. The molecule has 0 heterocycles. The topological polar surface area (TPSA) is 39.7 Å². The van der Waals surface area contributed by atoms with Crippen molar-refractivity contribution in [1.82, 2.24) is 5.32 Å². The van der Waals surface area contributed by atoms with Gasteiger partial charge < -0.3 is 19.5 Å². The number of ether oxygens (including phenoxy) is 3. The van der Waals surface area contributed by atoms with Crippen LogP contribution in [0.5, 0.6) is 11.5 Å². The van der Waals surface area contributed by atoms with Crippen molar-refractivity contribution in [3.63, 3.8) is 0 Å². The summed E-state index contributed by atoms with van der Waals surface area (Å²) in [6, 6.07) is 6.15. The molecular formula is C17H29NO3. The van der Waals surface area contributed by atoms with E-state index in [9.17, 15) is 0 Å². The smallest absolute Gasteiger partial charge is 0.161 e. The number of methoxy groups -OCH3 is 2. The molecule has 1 aromatic carbocycles. The van der Waals surface area contributed by atoms with Crippen molar-refractivity contribution in [2.45, 2.75) is 45.3 Å². The summed E-state index contributed by atoms with van der Waals surface area (Å²) in [5, 5.41) is 3.41. The van der Waals surface area contributed by atoms with Gasteiger partial charge in [0.05, 0.1) is 25.9 Å². The normalized spacial score (nSPS) is 13.0. The van der Waals surface area contributed by atoms with Crippen molar-refractivity contribution in [1.29, 1.82) is 0 Å². The lowest BCUT2D eigenvalue weighted by Gasteiger charge is -2.39. The van der Waals surface area contributed by atoms with Crippen molar-refractivity contribution in [3.05, 3.63) is 23.8 Å². The minimum atomic E-state index is -0.219. The molecule has 0 aliphatic rings. The van der Waals surface area contributed by atoms with Gasteiger partial charge in [-0.05, 0) is 44.5 Å². The number of rotatable bonds is 9. The van der Waals surface area contributed by atoms with Gasteiger partial charge in [0, 0.05) is 6.61 Å². The van der Waals surface area contributed by atoms with Crippen LogP contribution in [0.15, 0.2) is 18.2 Å². The monoisotopic (exact) mass is 295 g/mol. The summed E-state index contributed by atoms with van der Waals surface area (Å²) in [6.45, 7) is 7.09. The highest BCUT2D eigenvalue weighted by Crippen LogP contribution is 2.38. The van der Waals surface area contributed by atoms with Crippen LogP contribution in [0.25, 0.3) is 0 Å². The molecule has 1 unspecified atom stereocenters. The lowest BCUT2D eigenvalue weighted by molar-refractivity contribution is -0.0718. The molecular weight excluding hydrogens is 266 g/mol. The molecule has 0 radical (unpaired) electrons. The zero-order valence-electron chi connectivity index (χ0n) is 14.2. The second kappa shape index (κ2) is 8.25. The highest BCUT2D eigenvalue weighted by molar-refractivity contribution is 5.44. The summed E-state index contributed by atoms with van der Waals surface area (Å²) in [5.41, 5.74) is 0.927. The van der Waals surface area contributed by atoms with Crippen molar-refractivity contribution in [2.24, 2.45) is 0 Å². The summed E-state index contributed by atoms with van der Waals surface area (Å²) in [5.74, 6) is 1.49. The van der Waals surface area contributed by atoms with Crippen LogP contribution in [-0.2, 0) is 4.74 Å². The Morgan fingerprint density at radius 3 is 2.10 bits per heavy atom. The van der Waals surface area contributed by atoms with Crippen LogP contribution in [0.3, 0.4) is 0 Å². The minimum absolute atomic E-state index is 0.104. The Labute approximate surface area is 128 Å². The first-order chi connectivity index (χ1) is 10.1. The van der Waals surface area contributed by atoms with E-state index in [1.54, 1.807) is 14.2 Å². The Bertz CT molecular complexity index is 430. The van der Waals surface area contributed by atoms with Gasteiger partial charge in [-0.1, -0.05) is 19.9 Å². The maximum absolute atomic E-state index is 6.13. The van der Waals surface area contributed by atoms with Gasteiger partial charge in [-0.3, -0.25) is 0 Å². The van der Waals surface area contributed by atoms with E-state index in [1.807, 2.05) is 26.1 Å². The number of likely N-dealkylation sites (N-methyl/N-ethyl adjacent to an activating group) is 1. The molecule has 4 heteroatoms. The molecule has 0 saturated carbocycles. The standard InChI is InChI=1S/C17H29NO3/c1-7-17(8-2,21-9-3)16(18-4)13-10-11-14(19-5)15(12-13)20-6/h10-12,16,18H,7-9H2,1-6H3. The van der Waals surface area contributed by atoms with E-state index in [-0.39, 0.29) is 11.6 Å². The molecule has 0 aromatic heterocycles. The van der Waals surface area contributed by atoms with Crippen molar-refractivity contribution in [2.75, 3.05) is 27.9 Å². The molecule has 0 aliphatic carbocycles. The maximum atomic E-state index is 6.13. The first kappa shape index (κ1) is 17.8. The van der Waals surface area contributed by atoms with E-state index < -0.39 is 0 Å². The van der Waals surface area contributed by atoms with Gasteiger partial charge in [0.25, 0.3) is 0 Å². The van der Waals surface area contributed by atoms with Crippen LogP contribution in [0.4, 0.5) is 0 Å². The third-order valence-electron chi connectivity index (χ3n) is 4.18. The molecule has 0 spiro atoms. The van der Waals surface area contributed by atoms with E-state index in [0.717, 1.165) is 29.9 Å². The van der Waals surface area contributed by atoms with E-state index in [0.29, 0.717) is 6.61 Å². The first-order valence-electron chi connectivity index (χ1n) is 7.65. The molecule has 1 atom stereocenters. The molecule has 21 heavy (non-hydrogen) atoms. The van der Waals surface area contributed by atoms with Crippen LogP contribution < -0.4 is 14.8 Å². The van der Waals surface area contributed by atoms with Crippen LogP contribution in [0.1, 0.15) is 45.2 Å². The van der Waals surface area contributed by atoms with E-state index in [2.05, 4.69) is 25.2 Å². The fraction of sp³-hybridized carbons (Fsp3) is 0.647. The Kier molecular flexibility index (Phi) is 6.99. The quantitative estimate of drug-likeness (QED) is 0.756. The summed E-state index contributed by atoms with van der Waals surface area (Å²) in [6.07, 6.45) is 1.88. The molecule has 0 fully saturated rings. The fourth-order valence-electron chi connectivity index (χ4n) is 3.00. The van der Waals surface area contributed by atoms with E-state index in [1.165, 1.54) is 0 Å². The van der Waals surface area contributed by atoms with Gasteiger partial charge in [-0.2, -0.15) is 0 Å². The number of hydrogen-bond acceptors (Lipinski definition) is 4. The van der Waals surface area contributed by atoms with E-state index >= 15 is 0 Å². The van der Waals surface area contributed by atoms with Gasteiger partial charge in [0.15, 0.2) is 11.5 Å². The molecule has 0 bridgehead atoms. The molecule has 4 nitrogen and oxygen atoms in total. The zero-order chi connectivity index (χ0) is 15.9.